The van der Waals surface area contributed by atoms with Gasteiger partial charge in [0.1, 0.15) is 5.76 Å². The van der Waals surface area contributed by atoms with Crippen molar-refractivity contribution in [1.82, 2.24) is 19.6 Å². The predicted molar refractivity (Wildman–Crippen MR) is 87.5 cm³/mol. The summed E-state index contributed by atoms with van der Waals surface area (Å²) in [6.07, 6.45) is -1.85. The second-order valence-electron chi connectivity index (χ2n) is 6.78. The molecule has 0 aliphatic carbocycles. The van der Waals surface area contributed by atoms with E-state index in [1.807, 2.05) is 13.8 Å². The first-order valence-corrected chi connectivity index (χ1v) is 8.52. The number of aryl methyl sites for hydroxylation is 2. The Morgan fingerprint density at radius 2 is 1.96 bits per heavy atom. The SMILES string of the molecule is Cc1noc(C)c1CN1CCC(Cn2cnc(C(F)(F)F)cc2=O)CC1. The van der Waals surface area contributed by atoms with Gasteiger partial charge in [0.15, 0.2) is 5.69 Å². The van der Waals surface area contributed by atoms with Gasteiger partial charge in [-0.05, 0) is 45.7 Å². The molecule has 2 aromatic rings. The molecule has 0 atom stereocenters. The Balaban J connectivity index is 1.57. The quantitative estimate of drug-likeness (QED) is 0.828. The highest BCUT2D eigenvalue weighted by Gasteiger charge is 2.33. The number of halogens is 3. The van der Waals surface area contributed by atoms with E-state index in [1.165, 1.54) is 4.57 Å². The number of alkyl halides is 3. The van der Waals surface area contributed by atoms with E-state index >= 15 is 0 Å². The molecule has 0 N–H and O–H groups in total. The van der Waals surface area contributed by atoms with Crippen molar-refractivity contribution in [3.8, 4) is 0 Å². The van der Waals surface area contributed by atoms with Gasteiger partial charge >= 0.3 is 6.18 Å². The zero-order valence-corrected chi connectivity index (χ0v) is 14.7. The van der Waals surface area contributed by atoms with E-state index in [9.17, 15) is 18.0 Å². The van der Waals surface area contributed by atoms with Crippen LogP contribution in [0.15, 0.2) is 21.7 Å². The minimum absolute atomic E-state index is 0.243. The molecule has 3 rings (SSSR count). The van der Waals surface area contributed by atoms with Gasteiger partial charge in [0.2, 0.25) is 0 Å². The van der Waals surface area contributed by atoms with Gasteiger partial charge in [0.05, 0.1) is 12.0 Å². The van der Waals surface area contributed by atoms with Gasteiger partial charge in [-0.25, -0.2) is 4.98 Å². The number of hydrogen-bond donors (Lipinski definition) is 0. The lowest BCUT2D eigenvalue weighted by Gasteiger charge is -2.32. The molecule has 9 heteroatoms. The average molecular weight is 370 g/mol. The minimum atomic E-state index is -4.60. The van der Waals surface area contributed by atoms with Gasteiger partial charge in [0.25, 0.3) is 5.56 Å². The molecule has 1 fully saturated rings. The lowest BCUT2D eigenvalue weighted by molar-refractivity contribution is -0.141. The standard InChI is InChI=1S/C17H21F3N4O2/c1-11-14(12(2)26-22-11)9-23-5-3-13(4-6-23)8-24-10-21-15(7-16(24)25)17(18,19)20/h7,10,13H,3-6,8-9H2,1-2H3. The van der Waals surface area contributed by atoms with Crippen LogP contribution in [0.1, 0.15) is 35.6 Å². The maximum Gasteiger partial charge on any atom is 0.433 e. The first-order valence-electron chi connectivity index (χ1n) is 8.52. The van der Waals surface area contributed by atoms with E-state index in [4.69, 9.17) is 4.52 Å². The molecular weight excluding hydrogens is 349 g/mol. The molecule has 1 saturated heterocycles. The van der Waals surface area contributed by atoms with Crippen molar-refractivity contribution in [1.29, 1.82) is 0 Å². The summed E-state index contributed by atoms with van der Waals surface area (Å²) in [7, 11) is 0. The second-order valence-corrected chi connectivity index (χ2v) is 6.78. The van der Waals surface area contributed by atoms with Gasteiger partial charge in [0, 0.05) is 24.7 Å². The third kappa shape index (κ3) is 4.14. The molecule has 1 aliphatic rings. The Morgan fingerprint density at radius 1 is 1.27 bits per heavy atom. The van der Waals surface area contributed by atoms with Gasteiger partial charge in [-0.2, -0.15) is 13.2 Å². The van der Waals surface area contributed by atoms with Crippen LogP contribution in [0.5, 0.6) is 0 Å². The number of likely N-dealkylation sites (tertiary alicyclic amines) is 1. The van der Waals surface area contributed by atoms with Crippen LogP contribution >= 0.6 is 0 Å². The Hall–Kier alpha value is -2.16. The van der Waals surface area contributed by atoms with Crippen LogP contribution in [-0.2, 0) is 19.3 Å². The number of aromatic nitrogens is 3. The highest BCUT2D eigenvalue weighted by molar-refractivity contribution is 5.20. The number of hydrogen-bond acceptors (Lipinski definition) is 5. The Labute approximate surface area is 148 Å². The van der Waals surface area contributed by atoms with Crippen LogP contribution in [0.4, 0.5) is 13.2 Å². The Morgan fingerprint density at radius 3 is 2.50 bits per heavy atom. The summed E-state index contributed by atoms with van der Waals surface area (Å²) in [6, 6.07) is 0.562. The molecule has 2 aromatic heterocycles. The lowest BCUT2D eigenvalue weighted by atomic mass is 9.96. The second kappa shape index (κ2) is 7.22. The van der Waals surface area contributed by atoms with Crippen LogP contribution in [0.3, 0.4) is 0 Å². The molecule has 0 aromatic carbocycles. The first kappa shape index (κ1) is 18.6. The van der Waals surface area contributed by atoms with Crippen LogP contribution in [0.25, 0.3) is 0 Å². The largest absolute Gasteiger partial charge is 0.433 e. The molecule has 0 bridgehead atoms. The van der Waals surface area contributed by atoms with Gasteiger partial charge in [-0.15, -0.1) is 0 Å². The van der Waals surface area contributed by atoms with Crippen LogP contribution in [-0.4, -0.2) is 32.7 Å². The molecule has 0 spiro atoms. The average Bonchev–Trinajstić information content (AvgIpc) is 2.89. The van der Waals surface area contributed by atoms with E-state index in [1.54, 1.807) is 0 Å². The monoisotopic (exact) mass is 370 g/mol. The topological polar surface area (TPSA) is 64.2 Å². The van der Waals surface area contributed by atoms with Crippen LogP contribution in [0, 0.1) is 19.8 Å². The molecule has 26 heavy (non-hydrogen) atoms. The van der Waals surface area contributed by atoms with Crippen molar-refractivity contribution in [2.45, 2.75) is 46.0 Å². The van der Waals surface area contributed by atoms with Crippen LogP contribution < -0.4 is 5.56 Å². The summed E-state index contributed by atoms with van der Waals surface area (Å²) in [5.41, 5.74) is 0.192. The smallest absolute Gasteiger partial charge is 0.361 e. The van der Waals surface area contributed by atoms with Crippen molar-refractivity contribution in [2.75, 3.05) is 13.1 Å². The normalized spacial score (nSPS) is 17.0. The highest BCUT2D eigenvalue weighted by Crippen LogP contribution is 2.26. The number of nitrogens with zero attached hydrogens (tertiary/aromatic N) is 4. The fourth-order valence-corrected chi connectivity index (χ4v) is 3.27. The van der Waals surface area contributed by atoms with E-state index in [0.717, 1.165) is 55.8 Å². The maximum absolute atomic E-state index is 12.6. The summed E-state index contributed by atoms with van der Waals surface area (Å²) in [5, 5.41) is 3.96. The van der Waals surface area contributed by atoms with Crippen molar-refractivity contribution in [2.24, 2.45) is 5.92 Å². The predicted octanol–water partition coefficient (Wildman–Crippen LogP) is 2.78. The highest BCUT2D eigenvalue weighted by atomic mass is 19.4. The van der Waals surface area contributed by atoms with Crippen molar-refractivity contribution < 1.29 is 17.7 Å². The zero-order valence-electron chi connectivity index (χ0n) is 14.7. The van der Waals surface area contributed by atoms with E-state index in [0.29, 0.717) is 12.6 Å². The minimum Gasteiger partial charge on any atom is -0.361 e. The maximum atomic E-state index is 12.6. The van der Waals surface area contributed by atoms with Gasteiger partial charge in [-0.1, -0.05) is 5.16 Å². The number of piperidine rings is 1. The summed E-state index contributed by atoms with van der Waals surface area (Å²) in [5.74, 6) is 1.07. The van der Waals surface area contributed by atoms with Gasteiger partial charge in [-0.3, -0.25) is 14.3 Å². The van der Waals surface area contributed by atoms with Crippen LogP contribution in [0.2, 0.25) is 0 Å². The molecule has 3 heterocycles. The van der Waals surface area contributed by atoms with E-state index < -0.39 is 17.4 Å². The first-order chi connectivity index (χ1) is 12.2. The molecule has 6 nitrogen and oxygen atoms in total. The third-order valence-corrected chi connectivity index (χ3v) is 4.89. The molecule has 1 aliphatic heterocycles. The molecule has 0 amide bonds. The van der Waals surface area contributed by atoms with Crippen molar-refractivity contribution >= 4 is 0 Å². The molecule has 0 saturated carbocycles. The van der Waals surface area contributed by atoms with Gasteiger partial charge < -0.3 is 4.52 Å². The zero-order chi connectivity index (χ0) is 18.9. The Kier molecular flexibility index (Phi) is 5.17. The molecule has 0 radical (unpaired) electrons. The van der Waals surface area contributed by atoms with E-state index in [-0.39, 0.29) is 5.92 Å². The fraction of sp³-hybridized carbons (Fsp3) is 0.588. The summed E-state index contributed by atoms with van der Waals surface area (Å²) in [6.45, 7) is 6.70. The summed E-state index contributed by atoms with van der Waals surface area (Å²) < 4.78 is 44.2. The summed E-state index contributed by atoms with van der Waals surface area (Å²) in [4.78, 5) is 17.6. The van der Waals surface area contributed by atoms with Crippen molar-refractivity contribution in [3.05, 3.63) is 45.5 Å². The lowest BCUT2D eigenvalue weighted by Crippen LogP contribution is -2.36. The summed E-state index contributed by atoms with van der Waals surface area (Å²) >= 11 is 0. The van der Waals surface area contributed by atoms with E-state index in [2.05, 4.69) is 15.0 Å². The Bertz CT molecular complexity index is 801. The molecule has 0 unspecified atom stereocenters. The number of rotatable bonds is 4. The molecular formula is C17H21F3N4O2. The van der Waals surface area contributed by atoms with Crippen molar-refractivity contribution in [3.63, 3.8) is 0 Å². The fourth-order valence-electron chi connectivity index (χ4n) is 3.27. The molecule has 142 valence electrons. The third-order valence-electron chi connectivity index (χ3n) is 4.89.